The minimum atomic E-state index is -4.71. The number of Topliss-reactive ketones (excluding diaryl/α,β-unsaturated/α-hetero) is 1. The average Bonchev–Trinajstić information content (AvgIpc) is 2.72. The van der Waals surface area contributed by atoms with Crippen LogP contribution in [-0.4, -0.2) is 27.2 Å². The first kappa shape index (κ1) is 16.7. The molecular formula is C15H15BrF3NO3. The van der Waals surface area contributed by atoms with Crippen LogP contribution < -0.4 is 5.56 Å². The smallest absolute Gasteiger partial charge is 0.380 e. The summed E-state index contributed by atoms with van der Waals surface area (Å²) in [5, 5.41) is 9.84. The van der Waals surface area contributed by atoms with Gasteiger partial charge in [-0.25, -0.2) is 0 Å². The molecule has 0 aromatic carbocycles. The normalized spacial score (nSPS) is 30.8. The first-order chi connectivity index (χ1) is 10.5. The molecule has 8 heteroatoms. The van der Waals surface area contributed by atoms with E-state index in [0.717, 1.165) is 0 Å². The molecule has 2 heterocycles. The standard InChI is InChI=1S/C15H15BrF3NO3/c1-8-6-9(16)12(22)20-11(8)10(21)7-13(20)2-4-14(23,5-3-13)15(17,18)19/h6,23H,2-5,7H2,1H3. The molecule has 1 aromatic heterocycles. The number of carbonyl (C=O) groups excluding carboxylic acids is 1. The van der Waals surface area contributed by atoms with E-state index in [1.807, 2.05) is 0 Å². The van der Waals surface area contributed by atoms with E-state index in [1.54, 1.807) is 13.0 Å². The molecule has 1 aliphatic carbocycles. The molecule has 1 saturated carbocycles. The number of halogens is 4. The van der Waals surface area contributed by atoms with Gasteiger partial charge in [-0.1, -0.05) is 0 Å². The topological polar surface area (TPSA) is 59.3 Å². The van der Waals surface area contributed by atoms with E-state index in [1.165, 1.54) is 4.57 Å². The Labute approximate surface area is 138 Å². The lowest BCUT2D eigenvalue weighted by atomic mass is 9.72. The Kier molecular flexibility index (Phi) is 3.57. The largest absolute Gasteiger partial charge is 0.417 e. The minimum Gasteiger partial charge on any atom is -0.380 e. The summed E-state index contributed by atoms with van der Waals surface area (Å²) in [6.07, 6.45) is -5.84. The zero-order chi connectivity index (χ0) is 17.2. The number of carbonyl (C=O) groups is 1. The molecule has 1 aliphatic heterocycles. The van der Waals surface area contributed by atoms with Gasteiger partial charge in [-0.3, -0.25) is 14.2 Å². The number of nitrogens with zero attached hydrogens (tertiary/aromatic N) is 1. The van der Waals surface area contributed by atoms with Crippen molar-refractivity contribution in [2.75, 3.05) is 0 Å². The Balaban J connectivity index is 2.07. The number of pyridine rings is 1. The van der Waals surface area contributed by atoms with Crippen LogP contribution in [0.15, 0.2) is 15.3 Å². The van der Waals surface area contributed by atoms with Gasteiger partial charge in [0.05, 0.1) is 15.7 Å². The molecule has 1 spiro atoms. The highest BCUT2D eigenvalue weighted by Crippen LogP contribution is 2.50. The van der Waals surface area contributed by atoms with Crippen molar-refractivity contribution >= 4 is 21.7 Å². The number of alkyl halides is 3. The lowest BCUT2D eigenvalue weighted by Gasteiger charge is -2.43. The maximum atomic E-state index is 13.0. The van der Waals surface area contributed by atoms with Gasteiger partial charge < -0.3 is 5.11 Å². The van der Waals surface area contributed by atoms with Crippen molar-refractivity contribution in [3.05, 3.63) is 32.2 Å². The summed E-state index contributed by atoms with van der Waals surface area (Å²) in [7, 11) is 0. The number of hydrogen-bond donors (Lipinski definition) is 1. The third-order valence-electron chi connectivity index (χ3n) is 5.11. The summed E-state index contributed by atoms with van der Waals surface area (Å²) in [4.78, 5) is 24.8. The molecule has 1 fully saturated rings. The van der Waals surface area contributed by atoms with Crippen molar-refractivity contribution in [1.82, 2.24) is 4.57 Å². The molecule has 0 amide bonds. The Morgan fingerprint density at radius 3 is 2.30 bits per heavy atom. The van der Waals surface area contributed by atoms with Crippen molar-refractivity contribution in [3.8, 4) is 0 Å². The number of rotatable bonds is 0. The Morgan fingerprint density at radius 2 is 1.78 bits per heavy atom. The number of aryl methyl sites for hydroxylation is 1. The fourth-order valence-corrected chi connectivity index (χ4v) is 4.30. The molecule has 1 N–H and O–H groups in total. The quantitative estimate of drug-likeness (QED) is 0.736. The monoisotopic (exact) mass is 393 g/mol. The van der Waals surface area contributed by atoms with Crippen LogP contribution in [0, 0.1) is 6.92 Å². The zero-order valence-corrected chi connectivity index (χ0v) is 13.9. The van der Waals surface area contributed by atoms with Gasteiger partial charge in [0.2, 0.25) is 0 Å². The zero-order valence-electron chi connectivity index (χ0n) is 12.3. The summed E-state index contributed by atoms with van der Waals surface area (Å²) < 4.78 is 40.6. The van der Waals surface area contributed by atoms with Crippen molar-refractivity contribution in [3.63, 3.8) is 0 Å². The number of fused-ring (bicyclic) bond motifs is 2. The van der Waals surface area contributed by atoms with Crippen molar-refractivity contribution < 1.29 is 23.1 Å². The van der Waals surface area contributed by atoms with Gasteiger partial charge >= 0.3 is 6.18 Å². The summed E-state index contributed by atoms with van der Waals surface area (Å²) in [5.74, 6) is -0.232. The van der Waals surface area contributed by atoms with Crippen LogP contribution >= 0.6 is 15.9 Å². The van der Waals surface area contributed by atoms with Crippen molar-refractivity contribution in [2.24, 2.45) is 0 Å². The molecule has 0 bridgehead atoms. The van der Waals surface area contributed by atoms with E-state index < -0.39 is 35.7 Å². The molecule has 23 heavy (non-hydrogen) atoms. The number of hydrogen-bond acceptors (Lipinski definition) is 3. The maximum absolute atomic E-state index is 13.0. The lowest BCUT2D eigenvalue weighted by Crippen LogP contribution is -2.53. The summed E-state index contributed by atoms with van der Waals surface area (Å²) in [6, 6.07) is 1.56. The van der Waals surface area contributed by atoms with E-state index in [4.69, 9.17) is 0 Å². The molecule has 1 aromatic rings. The molecule has 3 rings (SSSR count). The van der Waals surface area contributed by atoms with Crippen molar-refractivity contribution in [2.45, 2.75) is 56.3 Å². The SMILES string of the molecule is Cc1cc(Br)c(=O)n2c1C(=O)CC21CCC(O)(C(F)(F)F)CC1. The Bertz CT molecular complexity index is 746. The van der Waals surface area contributed by atoms with E-state index in [-0.39, 0.29) is 35.2 Å². The van der Waals surface area contributed by atoms with Crippen LogP contribution in [0.25, 0.3) is 0 Å². The highest BCUT2D eigenvalue weighted by atomic mass is 79.9. The first-order valence-electron chi connectivity index (χ1n) is 7.26. The molecule has 0 atom stereocenters. The fourth-order valence-electron chi connectivity index (χ4n) is 3.78. The second-order valence-electron chi connectivity index (χ2n) is 6.52. The molecule has 4 nitrogen and oxygen atoms in total. The Hall–Kier alpha value is -1.15. The highest BCUT2D eigenvalue weighted by Gasteiger charge is 2.59. The van der Waals surface area contributed by atoms with Crippen LogP contribution in [0.1, 0.15) is 48.2 Å². The minimum absolute atomic E-state index is 0.00741. The van der Waals surface area contributed by atoms with Gasteiger partial charge in [-0.15, -0.1) is 0 Å². The number of aromatic nitrogens is 1. The molecule has 2 aliphatic rings. The third-order valence-corrected chi connectivity index (χ3v) is 5.68. The Morgan fingerprint density at radius 1 is 1.22 bits per heavy atom. The summed E-state index contributed by atoms with van der Waals surface area (Å²) in [5.41, 5.74) is -3.22. The predicted molar refractivity (Wildman–Crippen MR) is 79.5 cm³/mol. The van der Waals surface area contributed by atoms with Crippen LogP contribution in [-0.2, 0) is 5.54 Å². The highest BCUT2D eigenvalue weighted by molar-refractivity contribution is 9.10. The fraction of sp³-hybridized carbons (Fsp3) is 0.600. The van der Waals surface area contributed by atoms with Crippen LogP contribution in [0.2, 0.25) is 0 Å². The number of aliphatic hydroxyl groups is 1. The van der Waals surface area contributed by atoms with Gasteiger partial charge in [0.15, 0.2) is 11.4 Å². The lowest BCUT2D eigenvalue weighted by molar-refractivity contribution is -0.274. The second kappa shape index (κ2) is 4.92. The van der Waals surface area contributed by atoms with E-state index in [9.17, 15) is 27.9 Å². The van der Waals surface area contributed by atoms with Gasteiger partial charge in [-0.2, -0.15) is 13.2 Å². The maximum Gasteiger partial charge on any atom is 0.417 e. The van der Waals surface area contributed by atoms with Gasteiger partial charge in [-0.05, 0) is 60.2 Å². The van der Waals surface area contributed by atoms with Crippen molar-refractivity contribution in [1.29, 1.82) is 0 Å². The molecular weight excluding hydrogens is 379 g/mol. The van der Waals surface area contributed by atoms with E-state index >= 15 is 0 Å². The summed E-state index contributed by atoms with van der Waals surface area (Å²) >= 11 is 3.15. The molecule has 0 saturated heterocycles. The summed E-state index contributed by atoms with van der Waals surface area (Å²) in [6.45, 7) is 1.70. The molecule has 0 unspecified atom stereocenters. The average molecular weight is 394 g/mol. The first-order valence-corrected chi connectivity index (χ1v) is 8.05. The van der Waals surface area contributed by atoms with Gasteiger partial charge in [0, 0.05) is 6.42 Å². The van der Waals surface area contributed by atoms with Gasteiger partial charge in [0.1, 0.15) is 0 Å². The van der Waals surface area contributed by atoms with Crippen LogP contribution in [0.3, 0.4) is 0 Å². The van der Waals surface area contributed by atoms with E-state index in [2.05, 4.69) is 15.9 Å². The van der Waals surface area contributed by atoms with Gasteiger partial charge in [0.25, 0.3) is 5.56 Å². The van der Waals surface area contributed by atoms with Crippen LogP contribution in [0.5, 0.6) is 0 Å². The third kappa shape index (κ3) is 2.29. The number of ketones is 1. The molecule has 0 radical (unpaired) electrons. The predicted octanol–water partition coefficient (Wildman–Crippen LogP) is 3.07. The van der Waals surface area contributed by atoms with Crippen LogP contribution in [0.4, 0.5) is 13.2 Å². The second-order valence-corrected chi connectivity index (χ2v) is 7.37. The molecule has 126 valence electrons. The van der Waals surface area contributed by atoms with E-state index in [0.29, 0.717) is 5.56 Å².